The van der Waals surface area contributed by atoms with Crippen LogP contribution in [0.15, 0.2) is 0 Å². The zero-order valence-electron chi connectivity index (χ0n) is 12.7. The Labute approximate surface area is 117 Å². The predicted octanol–water partition coefficient (Wildman–Crippen LogP) is 2.62. The van der Waals surface area contributed by atoms with Crippen molar-refractivity contribution in [3.05, 3.63) is 0 Å². The van der Waals surface area contributed by atoms with Crippen molar-refractivity contribution < 1.29 is 9.90 Å². The second-order valence-electron chi connectivity index (χ2n) is 6.23. The van der Waals surface area contributed by atoms with Crippen molar-refractivity contribution in [2.45, 2.75) is 58.9 Å². The van der Waals surface area contributed by atoms with Crippen LogP contribution in [0.3, 0.4) is 0 Å². The number of hydrogen-bond acceptors (Lipinski definition) is 2. The van der Waals surface area contributed by atoms with Crippen LogP contribution >= 0.6 is 0 Å². The van der Waals surface area contributed by atoms with Crippen molar-refractivity contribution in [3.63, 3.8) is 0 Å². The van der Waals surface area contributed by atoms with Crippen LogP contribution in [0.25, 0.3) is 0 Å². The van der Waals surface area contributed by atoms with Crippen molar-refractivity contribution in [3.8, 4) is 0 Å². The Morgan fingerprint density at radius 3 is 2.74 bits per heavy atom. The second-order valence-corrected chi connectivity index (χ2v) is 6.23. The molecule has 4 nitrogen and oxygen atoms in total. The summed E-state index contributed by atoms with van der Waals surface area (Å²) in [5, 5.41) is 12.1. The maximum Gasteiger partial charge on any atom is 0.317 e. The fourth-order valence-electron chi connectivity index (χ4n) is 2.89. The van der Waals surface area contributed by atoms with E-state index in [4.69, 9.17) is 5.11 Å². The number of urea groups is 1. The highest BCUT2D eigenvalue weighted by atomic mass is 16.3. The highest BCUT2D eigenvalue weighted by Crippen LogP contribution is 2.17. The molecule has 1 aliphatic heterocycles. The average molecular weight is 270 g/mol. The lowest BCUT2D eigenvalue weighted by molar-refractivity contribution is 0.154. The third kappa shape index (κ3) is 5.81. The average Bonchev–Trinajstić information content (AvgIpc) is 2.36. The molecule has 2 unspecified atom stereocenters. The van der Waals surface area contributed by atoms with Crippen molar-refractivity contribution in [2.24, 2.45) is 11.8 Å². The number of aliphatic hydroxyl groups excluding tert-OH is 1. The van der Waals surface area contributed by atoms with Crippen LogP contribution in [0.4, 0.5) is 4.79 Å². The standard InChI is InChI=1S/C15H30N2O2/c1-12(2)10-14(7-9-18)11-16-15(19)17-8-5-4-6-13(17)3/h12-14,18H,4-11H2,1-3H3,(H,16,19). The summed E-state index contributed by atoms with van der Waals surface area (Å²) in [5.41, 5.74) is 0. The molecule has 0 radical (unpaired) electrons. The summed E-state index contributed by atoms with van der Waals surface area (Å²) in [7, 11) is 0. The molecule has 0 spiro atoms. The number of carbonyl (C=O) groups is 1. The van der Waals surface area contributed by atoms with Crippen molar-refractivity contribution in [2.75, 3.05) is 19.7 Å². The number of likely N-dealkylation sites (tertiary alicyclic amines) is 1. The molecule has 1 fully saturated rings. The van der Waals surface area contributed by atoms with Gasteiger partial charge in [0.2, 0.25) is 0 Å². The first-order chi connectivity index (χ1) is 9.04. The first-order valence-corrected chi connectivity index (χ1v) is 7.70. The largest absolute Gasteiger partial charge is 0.396 e. The van der Waals surface area contributed by atoms with Gasteiger partial charge >= 0.3 is 6.03 Å². The Morgan fingerprint density at radius 1 is 1.42 bits per heavy atom. The van der Waals surface area contributed by atoms with Gasteiger partial charge in [-0.1, -0.05) is 13.8 Å². The number of nitrogens with zero attached hydrogens (tertiary/aromatic N) is 1. The van der Waals surface area contributed by atoms with E-state index in [0.29, 0.717) is 24.4 Å². The van der Waals surface area contributed by atoms with E-state index >= 15 is 0 Å². The molecule has 0 bridgehead atoms. The first-order valence-electron chi connectivity index (χ1n) is 7.70. The van der Waals surface area contributed by atoms with Gasteiger partial charge in [0.15, 0.2) is 0 Å². The first kappa shape index (κ1) is 16.3. The Hall–Kier alpha value is -0.770. The van der Waals surface area contributed by atoms with E-state index in [1.807, 2.05) is 4.90 Å². The van der Waals surface area contributed by atoms with Gasteiger partial charge in [-0.05, 0) is 50.9 Å². The van der Waals surface area contributed by atoms with Gasteiger partial charge in [0.25, 0.3) is 0 Å². The van der Waals surface area contributed by atoms with E-state index in [1.165, 1.54) is 6.42 Å². The molecule has 0 aromatic heterocycles. The normalized spacial score (nSPS) is 21.5. The number of hydrogen-bond donors (Lipinski definition) is 2. The summed E-state index contributed by atoms with van der Waals surface area (Å²) in [4.78, 5) is 14.1. The van der Waals surface area contributed by atoms with Crippen LogP contribution in [0.2, 0.25) is 0 Å². The molecule has 2 amide bonds. The van der Waals surface area contributed by atoms with Gasteiger partial charge in [0, 0.05) is 25.7 Å². The summed E-state index contributed by atoms with van der Waals surface area (Å²) in [6.07, 6.45) is 5.28. The SMILES string of the molecule is CC(C)CC(CCO)CNC(=O)N1CCCCC1C. The quantitative estimate of drug-likeness (QED) is 0.779. The van der Waals surface area contributed by atoms with E-state index < -0.39 is 0 Å². The minimum atomic E-state index is 0.0684. The highest BCUT2D eigenvalue weighted by Gasteiger charge is 2.23. The molecular formula is C15H30N2O2. The van der Waals surface area contributed by atoms with E-state index in [0.717, 1.165) is 32.2 Å². The Kier molecular flexibility index (Phi) is 7.21. The van der Waals surface area contributed by atoms with Gasteiger partial charge in [0.1, 0.15) is 0 Å². The summed E-state index contributed by atoms with van der Waals surface area (Å²) in [6.45, 7) is 8.24. The minimum Gasteiger partial charge on any atom is -0.396 e. The molecule has 112 valence electrons. The lowest BCUT2D eigenvalue weighted by Gasteiger charge is -2.34. The highest BCUT2D eigenvalue weighted by molar-refractivity contribution is 5.74. The summed E-state index contributed by atoms with van der Waals surface area (Å²) < 4.78 is 0. The van der Waals surface area contributed by atoms with Crippen LogP contribution in [-0.4, -0.2) is 41.8 Å². The summed E-state index contributed by atoms with van der Waals surface area (Å²) >= 11 is 0. The third-order valence-corrected chi connectivity index (χ3v) is 3.95. The van der Waals surface area contributed by atoms with E-state index in [2.05, 4.69) is 26.1 Å². The molecule has 0 aliphatic carbocycles. The zero-order chi connectivity index (χ0) is 14.3. The molecule has 0 aromatic carbocycles. The van der Waals surface area contributed by atoms with Gasteiger partial charge in [-0.15, -0.1) is 0 Å². The topological polar surface area (TPSA) is 52.6 Å². The number of nitrogens with one attached hydrogen (secondary N) is 1. The monoisotopic (exact) mass is 270 g/mol. The van der Waals surface area contributed by atoms with Crippen LogP contribution in [0, 0.1) is 11.8 Å². The minimum absolute atomic E-state index is 0.0684. The van der Waals surface area contributed by atoms with Gasteiger partial charge in [-0.3, -0.25) is 0 Å². The maximum absolute atomic E-state index is 12.2. The summed E-state index contributed by atoms with van der Waals surface area (Å²) in [5.74, 6) is 0.983. The fourth-order valence-corrected chi connectivity index (χ4v) is 2.89. The zero-order valence-corrected chi connectivity index (χ0v) is 12.7. The van der Waals surface area contributed by atoms with Crippen molar-refractivity contribution >= 4 is 6.03 Å². The maximum atomic E-state index is 12.2. The van der Waals surface area contributed by atoms with E-state index in [9.17, 15) is 4.79 Å². The molecule has 2 atom stereocenters. The molecule has 0 aromatic rings. The molecule has 1 saturated heterocycles. The molecular weight excluding hydrogens is 240 g/mol. The van der Waals surface area contributed by atoms with Crippen LogP contribution in [0.1, 0.15) is 52.9 Å². The second kappa shape index (κ2) is 8.41. The number of carbonyl (C=O) groups excluding carboxylic acids is 1. The third-order valence-electron chi connectivity index (χ3n) is 3.95. The Morgan fingerprint density at radius 2 is 2.16 bits per heavy atom. The van der Waals surface area contributed by atoms with Crippen LogP contribution in [0.5, 0.6) is 0 Å². The van der Waals surface area contributed by atoms with Crippen LogP contribution in [-0.2, 0) is 0 Å². The molecule has 0 saturated carbocycles. The van der Waals surface area contributed by atoms with Gasteiger partial charge < -0.3 is 15.3 Å². The Balaban J connectivity index is 2.37. The molecule has 4 heteroatoms. The number of aliphatic hydroxyl groups is 1. The number of piperidine rings is 1. The van der Waals surface area contributed by atoms with E-state index in [-0.39, 0.29) is 12.6 Å². The predicted molar refractivity (Wildman–Crippen MR) is 78.1 cm³/mol. The lowest BCUT2D eigenvalue weighted by Crippen LogP contribution is -2.48. The Bertz CT molecular complexity index is 269. The lowest BCUT2D eigenvalue weighted by atomic mass is 9.94. The molecule has 1 rings (SSSR count). The fraction of sp³-hybridized carbons (Fsp3) is 0.933. The van der Waals surface area contributed by atoms with Crippen molar-refractivity contribution in [1.82, 2.24) is 10.2 Å². The summed E-state index contributed by atoms with van der Waals surface area (Å²) in [6, 6.07) is 0.425. The van der Waals surface area contributed by atoms with Gasteiger partial charge in [0.05, 0.1) is 0 Å². The molecule has 2 N–H and O–H groups in total. The smallest absolute Gasteiger partial charge is 0.317 e. The van der Waals surface area contributed by atoms with Crippen molar-refractivity contribution in [1.29, 1.82) is 0 Å². The molecule has 1 heterocycles. The number of rotatable bonds is 6. The van der Waals surface area contributed by atoms with Crippen LogP contribution < -0.4 is 5.32 Å². The molecule has 1 aliphatic rings. The molecule has 19 heavy (non-hydrogen) atoms. The van der Waals surface area contributed by atoms with Gasteiger partial charge in [-0.2, -0.15) is 0 Å². The van der Waals surface area contributed by atoms with Gasteiger partial charge in [-0.25, -0.2) is 4.79 Å². The van der Waals surface area contributed by atoms with E-state index in [1.54, 1.807) is 0 Å². The number of amides is 2.